The SMILES string of the molecule is CC(C)=O.NO. The molecule has 0 aliphatic heterocycles. The van der Waals surface area contributed by atoms with Crippen LogP contribution in [0.15, 0.2) is 0 Å². The standard InChI is InChI=1S/C3H6O.H3NO/c1-3(2)4;1-2/h1-2H3;2H,1H2. The average Bonchev–Trinajstić information content (AvgIpc) is 1.41. The third kappa shape index (κ3) is 143. The quantitative estimate of drug-likeness (QED) is 0.410. The third-order valence-electron chi connectivity index (χ3n) is 0. The van der Waals surface area contributed by atoms with Crippen LogP contribution in [0.25, 0.3) is 0 Å². The minimum Gasteiger partial charge on any atom is -0.320 e. The molecule has 0 atom stereocenters. The minimum absolute atomic E-state index is 0.167. The topological polar surface area (TPSA) is 63.3 Å². The van der Waals surface area contributed by atoms with Crippen LogP contribution in [0.4, 0.5) is 0 Å². The summed E-state index contributed by atoms with van der Waals surface area (Å²) in [5.74, 6) is 3.67. The van der Waals surface area contributed by atoms with Gasteiger partial charge in [0.25, 0.3) is 0 Å². The van der Waals surface area contributed by atoms with E-state index in [4.69, 9.17) is 5.21 Å². The number of Topliss-reactive ketones (excluding diaryl/α,β-unsaturated/α-hetero) is 1. The number of rotatable bonds is 0. The molecule has 0 aromatic carbocycles. The third-order valence-corrected chi connectivity index (χ3v) is 0. The number of ketones is 1. The van der Waals surface area contributed by atoms with Crippen molar-refractivity contribution >= 4 is 5.78 Å². The number of hydrogen-bond donors (Lipinski definition) is 2. The van der Waals surface area contributed by atoms with Crippen molar-refractivity contribution in [2.45, 2.75) is 13.8 Å². The second-order valence-corrected chi connectivity index (χ2v) is 0.908. The Morgan fingerprint density at radius 1 is 1.50 bits per heavy atom. The molecule has 0 saturated carbocycles. The molecule has 0 rings (SSSR count). The molecule has 0 aromatic rings. The van der Waals surface area contributed by atoms with Gasteiger partial charge in [-0.25, -0.2) is 5.90 Å². The van der Waals surface area contributed by atoms with Crippen molar-refractivity contribution in [3.8, 4) is 0 Å². The molecule has 3 N–H and O–H groups in total. The number of hydrogen-bond acceptors (Lipinski definition) is 3. The molecule has 0 radical (unpaired) electrons. The van der Waals surface area contributed by atoms with Gasteiger partial charge in [0.05, 0.1) is 0 Å². The molecule has 38 valence electrons. The Morgan fingerprint density at radius 2 is 1.50 bits per heavy atom. The molecule has 0 unspecified atom stereocenters. The molecule has 0 saturated heterocycles. The largest absolute Gasteiger partial charge is 0.320 e. The van der Waals surface area contributed by atoms with Gasteiger partial charge in [-0.1, -0.05) is 0 Å². The van der Waals surface area contributed by atoms with Crippen LogP contribution < -0.4 is 5.90 Å². The molecule has 0 heterocycles. The first-order valence-corrected chi connectivity index (χ1v) is 1.46. The van der Waals surface area contributed by atoms with E-state index in [0.717, 1.165) is 0 Å². The molecule has 0 fully saturated rings. The lowest BCUT2D eigenvalue weighted by atomic mass is 10.6. The molecule has 6 heavy (non-hydrogen) atoms. The summed E-state index contributed by atoms with van der Waals surface area (Å²) >= 11 is 0. The molecule has 3 nitrogen and oxygen atoms in total. The van der Waals surface area contributed by atoms with E-state index < -0.39 is 0 Å². The van der Waals surface area contributed by atoms with E-state index in [2.05, 4.69) is 5.90 Å². The Labute approximate surface area is 36.7 Å². The monoisotopic (exact) mass is 91.1 g/mol. The Kier molecular flexibility index (Phi) is 13.4. The van der Waals surface area contributed by atoms with Crippen molar-refractivity contribution in [1.29, 1.82) is 0 Å². The van der Waals surface area contributed by atoms with E-state index in [-0.39, 0.29) is 5.78 Å². The molecule has 0 spiro atoms. The summed E-state index contributed by atoms with van der Waals surface area (Å²) in [6.45, 7) is 3.06. The predicted octanol–water partition coefficient (Wildman–Crippen LogP) is -0.0704. The fourth-order valence-electron chi connectivity index (χ4n) is 0. The van der Waals surface area contributed by atoms with Gasteiger partial charge in [0.15, 0.2) is 0 Å². The van der Waals surface area contributed by atoms with Crippen LogP contribution in [-0.4, -0.2) is 11.0 Å². The predicted molar refractivity (Wildman–Crippen MR) is 22.3 cm³/mol. The minimum atomic E-state index is 0.167. The van der Waals surface area contributed by atoms with Gasteiger partial charge in [-0.05, 0) is 13.8 Å². The van der Waals surface area contributed by atoms with Gasteiger partial charge in [-0.3, -0.25) is 0 Å². The fourth-order valence-corrected chi connectivity index (χ4v) is 0. The first kappa shape index (κ1) is 9.14. The van der Waals surface area contributed by atoms with E-state index in [1.807, 2.05) is 0 Å². The lowest BCUT2D eigenvalue weighted by molar-refractivity contribution is -0.114. The highest BCUT2D eigenvalue weighted by molar-refractivity contribution is 5.72. The summed E-state index contributed by atoms with van der Waals surface area (Å²) in [5, 5.41) is 6.50. The number of nitrogens with two attached hydrogens (primary N) is 1. The van der Waals surface area contributed by atoms with E-state index >= 15 is 0 Å². The van der Waals surface area contributed by atoms with Gasteiger partial charge in [-0.15, -0.1) is 0 Å². The Balaban J connectivity index is 0. The normalized spacial score (nSPS) is 5.33. The molecule has 0 aliphatic rings. The van der Waals surface area contributed by atoms with Crippen LogP contribution in [0.5, 0.6) is 0 Å². The molecular weight excluding hydrogens is 82.0 g/mol. The van der Waals surface area contributed by atoms with Crippen molar-refractivity contribution in [2.24, 2.45) is 5.90 Å². The Hall–Kier alpha value is -0.410. The van der Waals surface area contributed by atoms with Gasteiger partial charge < -0.3 is 10.0 Å². The summed E-state index contributed by atoms with van der Waals surface area (Å²) in [5.41, 5.74) is 0. The zero-order valence-corrected chi connectivity index (χ0v) is 3.93. The van der Waals surface area contributed by atoms with Crippen molar-refractivity contribution in [3.05, 3.63) is 0 Å². The highest BCUT2D eigenvalue weighted by atomic mass is 16.4. The van der Waals surface area contributed by atoms with Crippen molar-refractivity contribution in [2.75, 3.05) is 0 Å². The van der Waals surface area contributed by atoms with Gasteiger partial charge in [0, 0.05) is 0 Å². The van der Waals surface area contributed by atoms with E-state index in [9.17, 15) is 4.79 Å². The zero-order valence-electron chi connectivity index (χ0n) is 3.93. The number of carbonyl (C=O) groups is 1. The highest BCUT2D eigenvalue weighted by Crippen LogP contribution is 1.50. The first-order chi connectivity index (χ1) is 2.73. The lowest BCUT2D eigenvalue weighted by Gasteiger charge is -1.56. The maximum atomic E-state index is 9.44. The summed E-state index contributed by atoms with van der Waals surface area (Å²) in [6.07, 6.45) is 0. The molecule has 0 bridgehead atoms. The maximum Gasteiger partial charge on any atom is 0.126 e. The van der Waals surface area contributed by atoms with E-state index in [1.165, 1.54) is 13.8 Å². The van der Waals surface area contributed by atoms with E-state index in [1.54, 1.807) is 0 Å². The van der Waals surface area contributed by atoms with Crippen molar-refractivity contribution < 1.29 is 10.0 Å². The first-order valence-electron chi connectivity index (χ1n) is 1.46. The zero-order chi connectivity index (χ0) is 5.58. The second kappa shape index (κ2) is 8.82. The average molecular weight is 91.1 g/mol. The van der Waals surface area contributed by atoms with Gasteiger partial charge in [-0.2, -0.15) is 0 Å². The van der Waals surface area contributed by atoms with Crippen LogP contribution in [0.2, 0.25) is 0 Å². The van der Waals surface area contributed by atoms with Crippen LogP contribution >= 0.6 is 0 Å². The van der Waals surface area contributed by atoms with Gasteiger partial charge in [0.2, 0.25) is 0 Å². The smallest absolute Gasteiger partial charge is 0.126 e. The molecule has 0 amide bonds. The molecule has 0 aliphatic carbocycles. The van der Waals surface area contributed by atoms with Gasteiger partial charge >= 0.3 is 0 Å². The highest BCUT2D eigenvalue weighted by Gasteiger charge is 1.62. The second-order valence-electron chi connectivity index (χ2n) is 0.908. The Morgan fingerprint density at radius 3 is 1.50 bits per heavy atom. The van der Waals surface area contributed by atoms with Crippen molar-refractivity contribution in [3.63, 3.8) is 0 Å². The molecule has 3 heteroatoms. The number of carbonyl (C=O) groups excluding carboxylic acids is 1. The van der Waals surface area contributed by atoms with Crippen LogP contribution in [-0.2, 0) is 4.79 Å². The van der Waals surface area contributed by atoms with E-state index in [0.29, 0.717) is 0 Å². The van der Waals surface area contributed by atoms with Crippen LogP contribution in [0, 0.1) is 0 Å². The summed E-state index contributed by atoms with van der Waals surface area (Å²) < 4.78 is 0. The van der Waals surface area contributed by atoms with Crippen LogP contribution in [0.3, 0.4) is 0 Å². The molecule has 0 aromatic heterocycles. The summed E-state index contributed by atoms with van der Waals surface area (Å²) in [4.78, 5) is 9.44. The molecular formula is C3H9NO2. The lowest BCUT2D eigenvalue weighted by Crippen LogP contribution is -1.72. The van der Waals surface area contributed by atoms with Crippen LogP contribution in [0.1, 0.15) is 13.8 Å². The van der Waals surface area contributed by atoms with Gasteiger partial charge in [0.1, 0.15) is 5.78 Å². The fraction of sp³-hybridized carbons (Fsp3) is 0.667. The maximum absolute atomic E-state index is 9.44. The Bertz CT molecular complexity index is 31.8. The summed E-state index contributed by atoms with van der Waals surface area (Å²) in [6, 6.07) is 0. The summed E-state index contributed by atoms with van der Waals surface area (Å²) in [7, 11) is 0. The van der Waals surface area contributed by atoms with Crippen molar-refractivity contribution in [1.82, 2.24) is 0 Å².